The summed E-state index contributed by atoms with van der Waals surface area (Å²) in [5, 5.41) is 11.7. The van der Waals surface area contributed by atoms with E-state index in [1.54, 1.807) is 24.3 Å². The summed E-state index contributed by atoms with van der Waals surface area (Å²) < 4.78 is 5.86. The average Bonchev–Trinajstić information content (AvgIpc) is 2.69. The second-order valence-corrected chi connectivity index (χ2v) is 6.02. The lowest BCUT2D eigenvalue weighted by Crippen LogP contribution is -2.42. The van der Waals surface area contributed by atoms with Crippen LogP contribution in [0.5, 0.6) is 0 Å². The van der Waals surface area contributed by atoms with Crippen molar-refractivity contribution in [3.05, 3.63) is 71.3 Å². The highest BCUT2D eigenvalue weighted by Crippen LogP contribution is 2.21. The van der Waals surface area contributed by atoms with Crippen molar-refractivity contribution in [1.29, 1.82) is 5.26 Å². The molecule has 1 amide bonds. The Bertz CT molecular complexity index is 738. The lowest BCUT2D eigenvalue weighted by atomic mass is 10.1. The Labute approximate surface area is 147 Å². The third-order valence-corrected chi connectivity index (χ3v) is 4.31. The van der Waals surface area contributed by atoms with Gasteiger partial charge in [-0.25, -0.2) is 0 Å². The number of rotatable bonds is 5. The van der Waals surface area contributed by atoms with E-state index in [0.717, 1.165) is 19.6 Å². The first-order chi connectivity index (χ1) is 12.3. The summed E-state index contributed by atoms with van der Waals surface area (Å²) in [6, 6.07) is 18.9. The number of nitriles is 1. The molecule has 0 unspecified atom stereocenters. The van der Waals surface area contributed by atoms with Gasteiger partial charge in [0, 0.05) is 31.7 Å². The first kappa shape index (κ1) is 17.2. The molecule has 0 bridgehead atoms. The van der Waals surface area contributed by atoms with Gasteiger partial charge in [-0.05, 0) is 29.8 Å². The summed E-state index contributed by atoms with van der Waals surface area (Å²) >= 11 is 0. The molecule has 0 radical (unpaired) electrons. The Hall–Kier alpha value is -2.68. The van der Waals surface area contributed by atoms with Crippen LogP contribution < -0.4 is 5.32 Å². The number of carbonyl (C=O) groups is 1. The Balaban J connectivity index is 1.46. The molecular weight excluding hydrogens is 314 g/mol. The van der Waals surface area contributed by atoms with Crippen molar-refractivity contribution in [1.82, 2.24) is 10.2 Å². The van der Waals surface area contributed by atoms with Crippen LogP contribution in [0.3, 0.4) is 0 Å². The van der Waals surface area contributed by atoms with Gasteiger partial charge >= 0.3 is 0 Å². The average molecular weight is 335 g/mol. The molecule has 3 rings (SSSR count). The van der Waals surface area contributed by atoms with Crippen LogP contribution in [0.2, 0.25) is 0 Å². The van der Waals surface area contributed by atoms with Crippen LogP contribution in [0.1, 0.15) is 27.6 Å². The fourth-order valence-electron chi connectivity index (χ4n) is 2.90. The largest absolute Gasteiger partial charge is 0.371 e. The van der Waals surface area contributed by atoms with Crippen molar-refractivity contribution >= 4 is 5.91 Å². The van der Waals surface area contributed by atoms with Gasteiger partial charge in [-0.15, -0.1) is 0 Å². The molecular formula is C20H21N3O2. The Morgan fingerprint density at radius 2 is 1.96 bits per heavy atom. The van der Waals surface area contributed by atoms with E-state index in [0.29, 0.717) is 24.3 Å². The first-order valence-electron chi connectivity index (χ1n) is 8.43. The van der Waals surface area contributed by atoms with Gasteiger partial charge in [-0.3, -0.25) is 9.69 Å². The molecule has 1 saturated heterocycles. The van der Waals surface area contributed by atoms with Gasteiger partial charge in [0.05, 0.1) is 24.3 Å². The predicted molar refractivity (Wildman–Crippen MR) is 95.1 cm³/mol. The van der Waals surface area contributed by atoms with Crippen LogP contribution >= 0.6 is 0 Å². The van der Waals surface area contributed by atoms with E-state index >= 15 is 0 Å². The fourth-order valence-corrected chi connectivity index (χ4v) is 2.90. The highest BCUT2D eigenvalue weighted by molar-refractivity contribution is 5.94. The number of morpholine rings is 1. The van der Waals surface area contributed by atoms with Gasteiger partial charge in [0.25, 0.3) is 5.91 Å². The molecule has 5 heteroatoms. The number of nitrogens with zero attached hydrogens (tertiary/aromatic N) is 2. The number of ether oxygens (including phenoxy) is 1. The summed E-state index contributed by atoms with van der Waals surface area (Å²) in [4.78, 5) is 14.4. The number of benzene rings is 2. The summed E-state index contributed by atoms with van der Waals surface area (Å²) in [5.41, 5.74) is 2.31. The van der Waals surface area contributed by atoms with Gasteiger partial charge in [-0.1, -0.05) is 30.3 Å². The van der Waals surface area contributed by atoms with Crippen LogP contribution in [-0.2, 0) is 4.74 Å². The predicted octanol–water partition coefficient (Wildman–Crippen LogP) is 2.36. The molecule has 1 atom stereocenters. The molecule has 0 saturated carbocycles. The smallest absolute Gasteiger partial charge is 0.251 e. The molecule has 1 aliphatic rings. The maximum atomic E-state index is 12.1. The minimum Gasteiger partial charge on any atom is -0.371 e. The summed E-state index contributed by atoms with van der Waals surface area (Å²) in [6.45, 7) is 3.77. The Morgan fingerprint density at radius 1 is 1.20 bits per heavy atom. The van der Waals surface area contributed by atoms with Crippen LogP contribution in [0.25, 0.3) is 0 Å². The molecule has 5 nitrogen and oxygen atoms in total. The third kappa shape index (κ3) is 4.66. The quantitative estimate of drug-likeness (QED) is 0.911. The highest BCUT2D eigenvalue weighted by atomic mass is 16.5. The van der Waals surface area contributed by atoms with Gasteiger partial charge in [0.15, 0.2) is 0 Å². The molecule has 128 valence electrons. The van der Waals surface area contributed by atoms with Crippen molar-refractivity contribution in [2.45, 2.75) is 6.10 Å². The molecule has 1 fully saturated rings. The summed E-state index contributed by atoms with van der Waals surface area (Å²) in [7, 11) is 0. The minimum atomic E-state index is -0.114. The molecule has 2 aromatic rings. The summed E-state index contributed by atoms with van der Waals surface area (Å²) in [5.74, 6) is -0.114. The molecule has 2 aromatic carbocycles. The number of nitrogens with one attached hydrogen (secondary N) is 1. The normalized spacial score (nSPS) is 17.6. The molecule has 0 spiro atoms. The zero-order valence-electron chi connectivity index (χ0n) is 14.0. The van der Waals surface area contributed by atoms with Gasteiger partial charge in [0.1, 0.15) is 0 Å². The molecule has 0 aliphatic carbocycles. The van der Waals surface area contributed by atoms with E-state index in [9.17, 15) is 4.79 Å². The Kier molecular flexibility index (Phi) is 5.78. The van der Waals surface area contributed by atoms with Crippen molar-refractivity contribution in [2.75, 3.05) is 32.8 Å². The zero-order chi connectivity index (χ0) is 17.5. The number of hydrogen-bond acceptors (Lipinski definition) is 4. The van der Waals surface area contributed by atoms with Crippen LogP contribution in [0.4, 0.5) is 0 Å². The van der Waals surface area contributed by atoms with E-state index in [4.69, 9.17) is 10.00 Å². The molecule has 1 N–H and O–H groups in total. The first-order valence-corrected chi connectivity index (χ1v) is 8.43. The maximum absolute atomic E-state index is 12.1. The van der Waals surface area contributed by atoms with Crippen LogP contribution in [0, 0.1) is 11.3 Å². The van der Waals surface area contributed by atoms with Gasteiger partial charge in [-0.2, -0.15) is 5.26 Å². The SMILES string of the molecule is N#Cc1ccc(C(=O)NCCN2CCO[C@H](c3ccccc3)C2)cc1. The van der Waals surface area contributed by atoms with Gasteiger partial charge < -0.3 is 10.1 Å². The number of amides is 1. The second-order valence-electron chi connectivity index (χ2n) is 6.02. The van der Waals surface area contributed by atoms with Crippen LogP contribution in [-0.4, -0.2) is 43.6 Å². The fraction of sp³-hybridized carbons (Fsp3) is 0.300. The van der Waals surface area contributed by atoms with E-state index in [2.05, 4.69) is 22.3 Å². The number of carbonyl (C=O) groups excluding carboxylic acids is 1. The highest BCUT2D eigenvalue weighted by Gasteiger charge is 2.21. The van der Waals surface area contributed by atoms with E-state index in [1.165, 1.54) is 5.56 Å². The zero-order valence-corrected chi connectivity index (χ0v) is 14.0. The standard InChI is InChI=1S/C20H21N3O2/c21-14-16-6-8-18(9-7-16)20(24)22-10-11-23-12-13-25-19(15-23)17-4-2-1-3-5-17/h1-9,19H,10-13,15H2,(H,22,24)/t19-/m0/s1. The van der Waals surface area contributed by atoms with Crippen molar-refractivity contribution in [3.63, 3.8) is 0 Å². The summed E-state index contributed by atoms with van der Waals surface area (Å²) in [6.07, 6.45) is 0.0872. The lowest BCUT2D eigenvalue weighted by molar-refractivity contribution is -0.0293. The molecule has 25 heavy (non-hydrogen) atoms. The van der Waals surface area contributed by atoms with E-state index in [1.807, 2.05) is 24.3 Å². The van der Waals surface area contributed by atoms with E-state index < -0.39 is 0 Å². The number of hydrogen-bond donors (Lipinski definition) is 1. The van der Waals surface area contributed by atoms with Crippen LogP contribution in [0.15, 0.2) is 54.6 Å². The monoisotopic (exact) mass is 335 g/mol. The Morgan fingerprint density at radius 3 is 2.68 bits per heavy atom. The molecule has 0 aromatic heterocycles. The minimum absolute atomic E-state index is 0.0872. The van der Waals surface area contributed by atoms with Crippen molar-refractivity contribution < 1.29 is 9.53 Å². The van der Waals surface area contributed by atoms with Crippen molar-refractivity contribution in [2.24, 2.45) is 0 Å². The van der Waals surface area contributed by atoms with E-state index in [-0.39, 0.29) is 12.0 Å². The molecule has 1 aliphatic heterocycles. The second kappa shape index (κ2) is 8.43. The maximum Gasteiger partial charge on any atom is 0.251 e. The van der Waals surface area contributed by atoms with Gasteiger partial charge in [0.2, 0.25) is 0 Å². The van der Waals surface area contributed by atoms with Crippen molar-refractivity contribution in [3.8, 4) is 6.07 Å². The molecule has 1 heterocycles. The lowest BCUT2D eigenvalue weighted by Gasteiger charge is -2.33. The topological polar surface area (TPSA) is 65.4 Å². The third-order valence-electron chi connectivity index (χ3n) is 4.31.